The Kier molecular flexibility index (Phi) is 10.2. The van der Waals surface area contributed by atoms with Gasteiger partial charge in [0.25, 0.3) is 5.91 Å². The summed E-state index contributed by atoms with van der Waals surface area (Å²) in [5.41, 5.74) is 4.12. The molecule has 0 spiro atoms. The number of H-pyrrole nitrogens is 1. The standard InChI is InChI=1S/C32H37N3O5.H2/c1-23(36)35(20-25-8-4-7-11-31(25)39-3)21-27(18-26-19-33-30-10-6-5-9-29(26)30)34-32(37)22-40-28-14-12-24(13-15-28)16-17-38-2;/h4-15,19,27,33H,16-18,20-22H2,1-3H3,(H,34,37);1H. The Bertz CT molecular complexity index is 1410. The molecule has 0 aliphatic rings. The molecule has 3 aromatic carbocycles. The number of methoxy groups -OCH3 is 2. The molecular weight excluding hydrogens is 506 g/mol. The smallest absolute Gasteiger partial charge is 0.258 e. The van der Waals surface area contributed by atoms with Crippen LogP contribution in [0, 0.1) is 0 Å². The number of hydrogen-bond donors (Lipinski definition) is 2. The molecule has 0 saturated carbocycles. The van der Waals surface area contributed by atoms with E-state index < -0.39 is 0 Å². The molecule has 1 atom stereocenters. The average molecular weight is 546 g/mol. The van der Waals surface area contributed by atoms with E-state index in [1.165, 1.54) is 0 Å². The molecule has 0 bridgehead atoms. The van der Waals surface area contributed by atoms with Gasteiger partial charge in [0.15, 0.2) is 6.61 Å². The molecule has 0 aliphatic heterocycles. The third-order valence-electron chi connectivity index (χ3n) is 6.83. The Morgan fingerprint density at radius 3 is 2.48 bits per heavy atom. The zero-order valence-electron chi connectivity index (χ0n) is 23.3. The first-order valence-corrected chi connectivity index (χ1v) is 13.4. The SMILES string of the molecule is COCCc1ccc(OCC(=O)NC(Cc2c[nH]c3ccccc23)CN(Cc2ccccc2OC)C(C)=O)cc1.[HH]. The van der Waals surface area contributed by atoms with Gasteiger partial charge in [0.2, 0.25) is 5.91 Å². The number of benzene rings is 3. The molecule has 8 heteroatoms. The van der Waals surface area contributed by atoms with E-state index in [4.69, 9.17) is 14.2 Å². The zero-order chi connectivity index (χ0) is 28.3. The van der Waals surface area contributed by atoms with Crippen LogP contribution < -0.4 is 14.8 Å². The van der Waals surface area contributed by atoms with E-state index in [1.54, 1.807) is 26.0 Å². The lowest BCUT2D eigenvalue weighted by Crippen LogP contribution is -2.47. The Hall–Kier alpha value is -4.30. The predicted octanol–water partition coefficient (Wildman–Crippen LogP) is 4.77. The molecule has 4 rings (SSSR count). The van der Waals surface area contributed by atoms with Gasteiger partial charge in [0, 0.05) is 51.2 Å². The van der Waals surface area contributed by atoms with Crippen LogP contribution in [0.3, 0.4) is 0 Å². The number of para-hydroxylation sites is 2. The zero-order valence-corrected chi connectivity index (χ0v) is 23.3. The summed E-state index contributed by atoms with van der Waals surface area (Å²) >= 11 is 0. The van der Waals surface area contributed by atoms with Crippen molar-refractivity contribution in [3.63, 3.8) is 0 Å². The molecule has 1 heterocycles. The summed E-state index contributed by atoms with van der Waals surface area (Å²) < 4.78 is 16.4. The first-order chi connectivity index (χ1) is 19.5. The van der Waals surface area contributed by atoms with Crippen LogP contribution in [0.4, 0.5) is 0 Å². The van der Waals surface area contributed by atoms with Crippen LogP contribution in [0.5, 0.6) is 11.5 Å². The number of aromatic nitrogens is 1. The van der Waals surface area contributed by atoms with Gasteiger partial charge in [-0.15, -0.1) is 0 Å². The number of carbonyl (C=O) groups is 2. The normalized spacial score (nSPS) is 11.7. The van der Waals surface area contributed by atoms with Gasteiger partial charge in [-0.2, -0.15) is 0 Å². The Balaban J connectivity index is 0.00000462. The average Bonchev–Trinajstić information content (AvgIpc) is 3.38. The fourth-order valence-corrected chi connectivity index (χ4v) is 4.73. The first kappa shape index (κ1) is 28.7. The largest absolute Gasteiger partial charge is 0.496 e. The second-order valence-electron chi connectivity index (χ2n) is 9.71. The lowest BCUT2D eigenvalue weighted by molar-refractivity contribution is -0.131. The molecular formula is C32H39N3O5. The molecule has 0 fully saturated rings. The third-order valence-corrected chi connectivity index (χ3v) is 6.83. The van der Waals surface area contributed by atoms with Gasteiger partial charge < -0.3 is 29.4 Å². The van der Waals surface area contributed by atoms with Crippen molar-refractivity contribution < 1.29 is 25.2 Å². The molecule has 40 heavy (non-hydrogen) atoms. The molecule has 0 saturated heterocycles. The minimum atomic E-state index is -0.342. The van der Waals surface area contributed by atoms with Crippen molar-refractivity contribution in [3.05, 3.63) is 95.7 Å². The Morgan fingerprint density at radius 2 is 1.73 bits per heavy atom. The van der Waals surface area contributed by atoms with Crippen molar-refractivity contribution >= 4 is 22.7 Å². The van der Waals surface area contributed by atoms with E-state index >= 15 is 0 Å². The lowest BCUT2D eigenvalue weighted by atomic mass is 10.0. The maximum atomic E-state index is 13.1. The van der Waals surface area contributed by atoms with Crippen LogP contribution in [0.25, 0.3) is 10.9 Å². The molecule has 0 radical (unpaired) electrons. The van der Waals surface area contributed by atoms with Crippen molar-refractivity contribution in [1.29, 1.82) is 0 Å². The molecule has 4 aromatic rings. The highest BCUT2D eigenvalue weighted by atomic mass is 16.5. The number of fused-ring (bicyclic) bond motifs is 1. The highest BCUT2D eigenvalue weighted by Crippen LogP contribution is 2.22. The molecule has 212 valence electrons. The number of hydrogen-bond acceptors (Lipinski definition) is 5. The number of rotatable bonds is 14. The Morgan fingerprint density at radius 1 is 0.975 bits per heavy atom. The van der Waals surface area contributed by atoms with Crippen LogP contribution in [0.15, 0.2) is 79.0 Å². The van der Waals surface area contributed by atoms with Gasteiger partial charge in [0.1, 0.15) is 11.5 Å². The van der Waals surface area contributed by atoms with E-state index in [-0.39, 0.29) is 25.9 Å². The summed E-state index contributed by atoms with van der Waals surface area (Å²) in [6.45, 7) is 2.75. The van der Waals surface area contributed by atoms with Crippen molar-refractivity contribution in [2.24, 2.45) is 0 Å². The fourth-order valence-electron chi connectivity index (χ4n) is 4.73. The predicted molar refractivity (Wildman–Crippen MR) is 158 cm³/mol. The van der Waals surface area contributed by atoms with Crippen LogP contribution in [0.2, 0.25) is 0 Å². The van der Waals surface area contributed by atoms with Gasteiger partial charge in [-0.3, -0.25) is 9.59 Å². The molecule has 1 aromatic heterocycles. The summed E-state index contributed by atoms with van der Waals surface area (Å²) in [5.74, 6) is 0.988. The molecule has 2 amide bonds. The van der Waals surface area contributed by atoms with Crippen LogP contribution in [-0.4, -0.2) is 61.7 Å². The molecule has 2 N–H and O–H groups in total. The van der Waals surface area contributed by atoms with Crippen LogP contribution in [-0.2, 0) is 33.7 Å². The van der Waals surface area contributed by atoms with Gasteiger partial charge in [-0.25, -0.2) is 0 Å². The second-order valence-corrected chi connectivity index (χ2v) is 9.71. The number of amides is 2. The van der Waals surface area contributed by atoms with Crippen molar-refractivity contribution in [3.8, 4) is 11.5 Å². The number of nitrogens with one attached hydrogen (secondary N) is 2. The minimum Gasteiger partial charge on any atom is -0.496 e. The summed E-state index contributed by atoms with van der Waals surface area (Å²) in [6.07, 6.45) is 3.32. The van der Waals surface area contributed by atoms with Gasteiger partial charge in [-0.1, -0.05) is 48.5 Å². The van der Waals surface area contributed by atoms with E-state index in [0.29, 0.717) is 37.6 Å². The number of carbonyl (C=O) groups excluding carboxylic acids is 2. The molecule has 1 unspecified atom stereocenters. The van der Waals surface area contributed by atoms with Crippen molar-refractivity contribution in [1.82, 2.24) is 15.2 Å². The van der Waals surface area contributed by atoms with Gasteiger partial charge in [-0.05, 0) is 48.2 Å². The first-order valence-electron chi connectivity index (χ1n) is 13.4. The summed E-state index contributed by atoms with van der Waals surface area (Å²) in [4.78, 5) is 30.8. The van der Waals surface area contributed by atoms with E-state index in [2.05, 4.69) is 16.4 Å². The number of ether oxygens (including phenoxy) is 3. The highest BCUT2D eigenvalue weighted by molar-refractivity contribution is 5.83. The van der Waals surface area contributed by atoms with Crippen molar-refractivity contribution in [2.75, 3.05) is 34.0 Å². The van der Waals surface area contributed by atoms with Gasteiger partial charge in [0.05, 0.1) is 19.8 Å². The van der Waals surface area contributed by atoms with E-state index in [9.17, 15) is 9.59 Å². The second kappa shape index (κ2) is 14.2. The highest BCUT2D eigenvalue weighted by Gasteiger charge is 2.22. The fraction of sp³-hybridized carbons (Fsp3) is 0.312. The lowest BCUT2D eigenvalue weighted by Gasteiger charge is -2.28. The molecule has 8 nitrogen and oxygen atoms in total. The van der Waals surface area contributed by atoms with Crippen LogP contribution in [0.1, 0.15) is 25.0 Å². The molecule has 0 aliphatic carbocycles. The van der Waals surface area contributed by atoms with E-state index in [0.717, 1.165) is 34.0 Å². The minimum absolute atomic E-state index is 0. The maximum absolute atomic E-state index is 13.1. The number of nitrogens with zero attached hydrogens (tertiary/aromatic N) is 1. The summed E-state index contributed by atoms with van der Waals surface area (Å²) in [5, 5.41) is 4.20. The van der Waals surface area contributed by atoms with Crippen LogP contribution >= 0.6 is 0 Å². The quantitative estimate of drug-likeness (QED) is 0.238. The topological polar surface area (TPSA) is 92.9 Å². The van der Waals surface area contributed by atoms with Gasteiger partial charge >= 0.3 is 0 Å². The summed E-state index contributed by atoms with van der Waals surface area (Å²) in [6, 6.07) is 23.0. The third kappa shape index (κ3) is 7.86. The van der Waals surface area contributed by atoms with E-state index in [1.807, 2.05) is 72.9 Å². The monoisotopic (exact) mass is 545 g/mol. The Labute approximate surface area is 236 Å². The maximum Gasteiger partial charge on any atom is 0.258 e. The summed E-state index contributed by atoms with van der Waals surface area (Å²) in [7, 11) is 3.29. The van der Waals surface area contributed by atoms with Crippen molar-refractivity contribution in [2.45, 2.75) is 32.4 Å². The number of aromatic amines is 1.